The third kappa shape index (κ3) is 2.89. The Morgan fingerprint density at radius 3 is 2.33 bits per heavy atom. The van der Waals surface area contributed by atoms with Crippen LogP contribution in [0.5, 0.6) is 0 Å². The molecule has 3 aromatic rings. The first kappa shape index (κ1) is 15.5. The van der Waals surface area contributed by atoms with Crippen LogP contribution >= 0.6 is 0 Å². The normalized spacial score (nSPS) is 10.4. The Bertz CT molecular complexity index is 929. The molecule has 0 fully saturated rings. The zero-order valence-corrected chi connectivity index (χ0v) is 12.9. The van der Waals surface area contributed by atoms with Gasteiger partial charge in [0.25, 0.3) is 5.91 Å². The maximum Gasteiger partial charge on any atom is 0.362 e. The van der Waals surface area contributed by atoms with Gasteiger partial charge in [-0.3, -0.25) is 14.2 Å². The summed E-state index contributed by atoms with van der Waals surface area (Å²) >= 11 is 0. The molecule has 2 aromatic carbocycles. The summed E-state index contributed by atoms with van der Waals surface area (Å²) in [6.07, 6.45) is 1.43. The number of hydroxylamine groups is 1. The Kier molecular flexibility index (Phi) is 4.11. The van der Waals surface area contributed by atoms with Gasteiger partial charge in [0.05, 0.1) is 16.6 Å². The SMILES string of the molecule is CC(=O)n1cc(C(=O)NOC(=O)c2ccccc2)c2ccccc21. The van der Waals surface area contributed by atoms with Gasteiger partial charge in [-0.25, -0.2) is 4.79 Å². The van der Waals surface area contributed by atoms with Gasteiger partial charge < -0.3 is 4.84 Å². The van der Waals surface area contributed by atoms with Crippen molar-refractivity contribution in [1.82, 2.24) is 10.0 Å². The molecule has 0 radical (unpaired) electrons. The van der Waals surface area contributed by atoms with Crippen molar-refractivity contribution in [3.05, 3.63) is 71.9 Å². The van der Waals surface area contributed by atoms with Crippen molar-refractivity contribution in [1.29, 1.82) is 0 Å². The molecule has 0 saturated heterocycles. The Balaban J connectivity index is 1.82. The maximum absolute atomic E-state index is 12.3. The van der Waals surface area contributed by atoms with E-state index in [0.29, 0.717) is 16.5 Å². The third-order valence-electron chi connectivity index (χ3n) is 3.54. The van der Waals surface area contributed by atoms with E-state index in [2.05, 4.69) is 5.48 Å². The molecule has 0 unspecified atom stereocenters. The van der Waals surface area contributed by atoms with Crippen LogP contribution in [0.2, 0.25) is 0 Å². The number of hydrogen-bond acceptors (Lipinski definition) is 4. The second kappa shape index (κ2) is 6.37. The molecule has 1 amide bonds. The average molecular weight is 322 g/mol. The highest BCUT2D eigenvalue weighted by molar-refractivity contribution is 6.09. The van der Waals surface area contributed by atoms with Crippen LogP contribution in [-0.2, 0) is 4.84 Å². The zero-order chi connectivity index (χ0) is 17.1. The van der Waals surface area contributed by atoms with Crippen LogP contribution in [0, 0.1) is 0 Å². The van der Waals surface area contributed by atoms with E-state index in [1.165, 1.54) is 17.7 Å². The molecule has 0 saturated carbocycles. The number of hydrogen-bond donors (Lipinski definition) is 1. The Morgan fingerprint density at radius 2 is 1.62 bits per heavy atom. The van der Waals surface area contributed by atoms with Gasteiger partial charge in [-0.2, -0.15) is 5.48 Å². The molecule has 0 bridgehead atoms. The van der Waals surface area contributed by atoms with E-state index in [0.717, 1.165) is 0 Å². The van der Waals surface area contributed by atoms with E-state index in [4.69, 9.17) is 4.84 Å². The number of carbonyl (C=O) groups is 3. The van der Waals surface area contributed by atoms with Crippen LogP contribution in [-0.4, -0.2) is 22.4 Å². The first-order valence-electron chi connectivity index (χ1n) is 7.25. The number of para-hydroxylation sites is 1. The Hall–Kier alpha value is -3.41. The minimum atomic E-state index is -0.667. The van der Waals surface area contributed by atoms with Gasteiger partial charge in [0.1, 0.15) is 0 Å². The van der Waals surface area contributed by atoms with E-state index in [-0.39, 0.29) is 11.5 Å². The monoisotopic (exact) mass is 322 g/mol. The molecule has 1 N–H and O–H groups in total. The molecule has 0 spiro atoms. The summed E-state index contributed by atoms with van der Waals surface area (Å²) in [5, 5.41) is 0.598. The van der Waals surface area contributed by atoms with Crippen molar-refractivity contribution >= 4 is 28.7 Å². The first-order chi connectivity index (χ1) is 11.6. The lowest BCUT2D eigenvalue weighted by atomic mass is 10.2. The van der Waals surface area contributed by atoms with Gasteiger partial charge in [0.2, 0.25) is 5.91 Å². The summed E-state index contributed by atoms with van der Waals surface area (Å²) in [5.74, 6) is -1.48. The molecule has 0 atom stereocenters. The minimum absolute atomic E-state index is 0.216. The van der Waals surface area contributed by atoms with Crippen molar-refractivity contribution in [3.63, 3.8) is 0 Å². The number of fused-ring (bicyclic) bond motifs is 1. The summed E-state index contributed by atoms with van der Waals surface area (Å²) in [7, 11) is 0. The predicted octanol–water partition coefficient (Wildman–Crippen LogP) is 2.80. The number of aromatic nitrogens is 1. The van der Waals surface area contributed by atoms with E-state index in [1.54, 1.807) is 54.6 Å². The third-order valence-corrected chi connectivity index (χ3v) is 3.54. The molecule has 1 heterocycles. The van der Waals surface area contributed by atoms with Crippen LogP contribution in [0.4, 0.5) is 0 Å². The molecule has 1 aromatic heterocycles. The van der Waals surface area contributed by atoms with Crippen molar-refractivity contribution in [2.45, 2.75) is 6.92 Å². The van der Waals surface area contributed by atoms with Gasteiger partial charge >= 0.3 is 5.97 Å². The standard InChI is InChI=1S/C18H14N2O4/c1-12(21)20-11-15(14-9-5-6-10-16(14)20)17(22)19-24-18(23)13-7-3-2-4-8-13/h2-11H,1H3,(H,19,22). The van der Waals surface area contributed by atoms with Gasteiger partial charge in [0.15, 0.2) is 0 Å². The van der Waals surface area contributed by atoms with Crippen LogP contribution in [0.1, 0.15) is 32.4 Å². The van der Waals surface area contributed by atoms with Gasteiger partial charge in [-0.1, -0.05) is 36.4 Å². The van der Waals surface area contributed by atoms with E-state index >= 15 is 0 Å². The van der Waals surface area contributed by atoms with E-state index in [1.807, 2.05) is 0 Å². The molecule has 24 heavy (non-hydrogen) atoms. The van der Waals surface area contributed by atoms with Crippen molar-refractivity contribution in [2.24, 2.45) is 0 Å². The molecular weight excluding hydrogens is 308 g/mol. The highest BCUT2D eigenvalue weighted by Gasteiger charge is 2.18. The van der Waals surface area contributed by atoms with Gasteiger partial charge in [-0.05, 0) is 18.2 Å². The number of nitrogens with zero attached hydrogens (tertiary/aromatic N) is 1. The molecule has 6 heteroatoms. The first-order valence-corrected chi connectivity index (χ1v) is 7.25. The number of amides is 1. The van der Waals surface area contributed by atoms with Crippen LogP contribution < -0.4 is 5.48 Å². The number of benzene rings is 2. The van der Waals surface area contributed by atoms with Crippen LogP contribution in [0.25, 0.3) is 10.9 Å². The van der Waals surface area contributed by atoms with Crippen molar-refractivity contribution in [3.8, 4) is 0 Å². The van der Waals surface area contributed by atoms with Crippen LogP contribution in [0.3, 0.4) is 0 Å². The lowest BCUT2D eigenvalue weighted by Gasteiger charge is -2.04. The quantitative estimate of drug-likeness (QED) is 0.736. The summed E-state index contributed by atoms with van der Waals surface area (Å²) < 4.78 is 1.38. The minimum Gasteiger partial charge on any atom is -0.335 e. The Morgan fingerprint density at radius 1 is 0.958 bits per heavy atom. The number of rotatable bonds is 2. The summed E-state index contributed by atoms with van der Waals surface area (Å²) in [6.45, 7) is 1.41. The van der Waals surface area contributed by atoms with E-state index < -0.39 is 11.9 Å². The lowest BCUT2D eigenvalue weighted by molar-refractivity contribution is 0.0230. The fourth-order valence-electron chi connectivity index (χ4n) is 2.40. The molecule has 0 aliphatic heterocycles. The highest BCUT2D eigenvalue weighted by Crippen LogP contribution is 2.21. The number of carbonyl (C=O) groups excluding carboxylic acids is 3. The molecular formula is C18H14N2O4. The molecule has 6 nitrogen and oxygen atoms in total. The number of nitrogens with one attached hydrogen (secondary N) is 1. The largest absolute Gasteiger partial charge is 0.362 e. The smallest absolute Gasteiger partial charge is 0.335 e. The van der Waals surface area contributed by atoms with E-state index in [9.17, 15) is 14.4 Å². The molecule has 120 valence electrons. The summed E-state index contributed by atoms with van der Waals surface area (Å²) in [6, 6.07) is 15.3. The fourth-order valence-corrected chi connectivity index (χ4v) is 2.40. The second-order valence-corrected chi connectivity index (χ2v) is 5.14. The lowest BCUT2D eigenvalue weighted by Crippen LogP contribution is -2.27. The summed E-state index contributed by atoms with van der Waals surface area (Å²) in [4.78, 5) is 40.7. The zero-order valence-electron chi connectivity index (χ0n) is 12.9. The Labute approximate surface area is 137 Å². The van der Waals surface area contributed by atoms with Crippen molar-refractivity contribution < 1.29 is 19.2 Å². The average Bonchev–Trinajstić information content (AvgIpc) is 3.00. The molecule has 3 rings (SSSR count). The summed E-state index contributed by atoms with van der Waals surface area (Å²) in [5.41, 5.74) is 3.32. The highest BCUT2D eigenvalue weighted by atomic mass is 16.7. The molecule has 0 aliphatic carbocycles. The van der Waals surface area contributed by atoms with Crippen LogP contribution in [0.15, 0.2) is 60.8 Å². The second-order valence-electron chi connectivity index (χ2n) is 5.14. The topological polar surface area (TPSA) is 77.4 Å². The van der Waals surface area contributed by atoms with Gasteiger partial charge in [-0.15, -0.1) is 0 Å². The maximum atomic E-state index is 12.3. The fraction of sp³-hybridized carbons (Fsp3) is 0.0556. The van der Waals surface area contributed by atoms with Gasteiger partial charge in [0, 0.05) is 18.5 Å². The molecule has 0 aliphatic rings. The predicted molar refractivity (Wildman–Crippen MR) is 87.6 cm³/mol. The van der Waals surface area contributed by atoms with Crippen molar-refractivity contribution in [2.75, 3.05) is 0 Å².